The zero-order chi connectivity index (χ0) is 20.3. The molecule has 3 aromatic rings. The topological polar surface area (TPSA) is 107 Å². The molecule has 10 heteroatoms. The van der Waals surface area contributed by atoms with E-state index in [0.29, 0.717) is 21.4 Å². The van der Waals surface area contributed by atoms with Gasteiger partial charge in [-0.15, -0.1) is 0 Å². The second kappa shape index (κ2) is 8.36. The quantitative estimate of drug-likeness (QED) is 0.577. The number of benzene rings is 2. The SMILES string of the molecule is Cc1ccc(NC(=O)CSc2nccn2-c2cccc(Cl)c2)cc1S(N)(=O)=O. The number of anilines is 1. The third-order valence-corrected chi connectivity index (χ3v) is 6.06. The van der Waals surface area contributed by atoms with Crippen LogP contribution in [0.5, 0.6) is 0 Å². The van der Waals surface area contributed by atoms with Crippen LogP contribution in [0.15, 0.2) is 64.9 Å². The maximum atomic E-state index is 12.3. The molecule has 0 unspecified atom stereocenters. The summed E-state index contributed by atoms with van der Waals surface area (Å²) in [5.74, 6) is -0.203. The molecule has 146 valence electrons. The molecule has 1 aromatic heterocycles. The number of aromatic nitrogens is 2. The third kappa shape index (κ3) is 4.93. The molecule has 0 aliphatic heterocycles. The summed E-state index contributed by atoms with van der Waals surface area (Å²) in [5, 5.41) is 9.10. The number of amides is 1. The largest absolute Gasteiger partial charge is 0.325 e. The first-order valence-corrected chi connectivity index (χ1v) is 11.0. The highest BCUT2D eigenvalue weighted by Gasteiger charge is 2.14. The zero-order valence-electron chi connectivity index (χ0n) is 14.8. The fourth-order valence-electron chi connectivity index (χ4n) is 2.53. The van der Waals surface area contributed by atoms with E-state index in [1.165, 1.54) is 17.8 Å². The Morgan fingerprint density at radius 2 is 2.07 bits per heavy atom. The predicted octanol–water partition coefficient (Wildman–Crippen LogP) is 3.21. The lowest BCUT2D eigenvalue weighted by Gasteiger charge is -2.10. The summed E-state index contributed by atoms with van der Waals surface area (Å²) < 4.78 is 25.0. The average molecular weight is 437 g/mol. The Morgan fingerprint density at radius 1 is 1.29 bits per heavy atom. The lowest BCUT2D eigenvalue weighted by Crippen LogP contribution is -2.17. The van der Waals surface area contributed by atoms with Crippen molar-refractivity contribution < 1.29 is 13.2 Å². The molecule has 0 radical (unpaired) electrons. The molecule has 0 fully saturated rings. The van der Waals surface area contributed by atoms with Gasteiger partial charge in [0.15, 0.2) is 5.16 Å². The second-order valence-electron chi connectivity index (χ2n) is 5.92. The van der Waals surface area contributed by atoms with Gasteiger partial charge in [-0.3, -0.25) is 9.36 Å². The number of aryl methyl sites for hydroxylation is 1. The van der Waals surface area contributed by atoms with Crippen molar-refractivity contribution in [2.24, 2.45) is 5.14 Å². The van der Waals surface area contributed by atoms with Gasteiger partial charge in [-0.2, -0.15) is 0 Å². The number of hydrogen-bond acceptors (Lipinski definition) is 5. The van der Waals surface area contributed by atoms with E-state index in [9.17, 15) is 13.2 Å². The van der Waals surface area contributed by atoms with E-state index in [4.69, 9.17) is 16.7 Å². The first-order valence-electron chi connectivity index (χ1n) is 8.09. The molecule has 1 amide bonds. The van der Waals surface area contributed by atoms with Crippen molar-refractivity contribution in [2.75, 3.05) is 11.1 Å². The number of carbonyl (C=O) groups excluding carboxylic acids is 1. The average Bonchev–Trinajstić information content (AvgIpc) is 3.09. The van der Waals surface area contributed by atoms with Crippen LogP contribution in [0.25, 0.3) is 5.69 Å². The Hall–Kier alpha value is -2.33. The molecular formula is C18H17ClN4O3S2. The van der Waals surface area contributed by atoms with E-state index >= 15 is 0 Å². The number of thioether (sulfide) groups is 1. The molecule has 0 spiro atoms. The summed E-state index contributed by atoms with van der Waals surface area (Å²) in [5.41, 5.74) is 1.71. The Kier molecular flexibility index (Phi) is 6.09. The molecule has 0 saturated carbocycles. The molecule has 0 aliphatic carbocycles. The number of nitrogens with two attached hydrogens (primary N) is 1. The highest BCUT2D eigenvalue weighted by atomic mass is 35.5. The lowest BCUT2D eigenvalue weighted by molar-refractivity contribution is -0.113. The van der Waals surface area contributed by atoms with Gasteiger partial charge in [0.2, 0.25) is 15.9 Å². The van der Waals surface area contributed by atoms with E-state index in [2.05, 4.69) is 10.3 Å². The van der Waals surface area contributed by atoms with Gasteiger partial charge < -0.3 is 5.32 Å². The summed E-state index contributed by atoms with van der Waals surface area (Å²) in [6.07, 6.45) is 3.42. The normalized spacial score (nSPS) is 11.4. The number of carbonyl (C=O) groups is 1. The minimum atomic E-state index is -3.86. The number of sulfonamides is 1. The summed E-state index contributed by atoms with van der Waals surface area (Å²) in [7, 11) is -3.86. The van der Waals surface area contributed by atoms with Crippen LogP contribution in [-0.4, -0.2) is 29.6 Å². The minimum absolute atomic E-state index is 0.0190. The molecule has 28 heavy (non-hydrogen) atoms. The first-order chi connectivity index (χ1) is 13.2. The van der Waals surface area contributed by atoms with Crippen LogP contribution in [0.4, 0.5) is 5.69 Å². The molecule has 3 rings (SSSR count). The van der Waals surface area contributed by atoms with Crippen LogP contribution in [0, 0.1) is 6.92 Å². The number of nitrogens with one attached hydrogen (secondary N) is 1. The number of halogens is 1. The summed E-state index contributed by atoms with van der Waals surface area (Å²) in [6.45, 7) is 1.64. The molecule has 7 nitrogen and oxygen atoms in total. The van der Waals surface area contributed by atoms with Gasteiger partial charge in [0, 0.05) is 28.8 Å². The van der Waals surface area contributed by atoms with Crippen LogP contribution in [0.3, 0.4) is 0 Å². The summed E-state index contributed by atoms with van der Waals surface area (Å²) in [4.78, 5) is 16.5. The van der Waals surface area contributed by atoms with Crippen molar-refractivity contribution >= 4 is 45.0 Å². The van der Waals surface area contributed by atoms with E-state index in [0.717, 1.165) is 5.69 Å². The lowest BCUT2D eigenvalue weighted by atomic mass is 10.2. The number of hydrogen-bond donors (Lipinski definition) is 2. The molecule has 2 aromatic carbocycles. The highest BCUT2D eigenvalue weighted by molar-refractivity contribution is 7.99. The smallest absolute Gasteiger partial charge is 0.238 e. The van der Waals surface area contributed by atoms with Crippen LogP contribution in [0.1, 0.15) is 5.56 Å². The van der Waals surface area contributed by atoms with Crippen molar-refractivity contribution in [2.45, 2.75) is 17.0 Å². The Bertz CT molecular complexity index is 1130. The fourth-order valence-corrected chi connectivity index (χ4v) is 4.30. The van der Waals surface area contributed by atoms with Gasteiger partial charge >= 0.3 is 0 Å². The first kappa shape index (κ1) is 20.4. The summed E-state index contributed by atoms with van der Waals surface area (Å²) in [6, 6.07) is 11.9. The van der Waals surface area contributed by atoms with Crippen molar-refractivity contribution in [3.05, 3.63) is 65.4 Å². The minimum Gasteiger partial charge on any atom is -0.325 e. The number of imidazole rings is 1. The number of nitrogens with zero attached hydrogens (tertiary/aromatic N) is 2. The Labute approximate surface area is 172 Å². The van der Waals surface area contributed by atoms with Gasteiger partial charge in [-0.1, -0.05) is 35.5 Å². The zero-order valence-corrected chi connectivity index (χ0v) is 17.2. The summed E-state index contributed by atoms with van der Waals surface area (Å²) >= 11 is 7.28. The van der Waals surface area contributed by atoms with E-state index < -0.39 is 10.0 Å². The molecule has 0 aliphatic rings. The Morgan fingerprint density at radius 3 is 2.79 bits per heavy atom. The standard InChI is InChI=1S/C18H17ClN4O3S2/c1-12-5-6-14(10-16(12)28(20,25)26)22-17(24)11-27-18-21-7-8-23(18)15-4-2-3-13(19)9-15/h2-10H,11H2,1H3,(H,22,24)(H2,20,25,26). The molecule has 1 heterocycles. The fraction of sp³-hybridized carbons (Fsp3) is 0.111. The van der Waals surface area contributed by atoms with Crippen LogP contribution in [0.2, 0.25) is 5.02 Å². The van der Waals surface area contributed by atoms with Crippen molar-refractivity contribution in [1.82, 2.24) is 9.55 Å². The van der Waals surface area contributed by atoms with Crippen LogP contribution in [-0.2, 0) is 14.8 Å². The number of primary sulfonamides is 1. The third-order valence-electron chi connectivity index (χ3n) is 3.80. The Balaban J connectivity index is 1.69. The van der Waals surface area contributed by atoms with E-state index in [-0.39, 0.29) is 16.6 Å². The monoisotopic (exact) mass is 436 g/mol. The predicted molar refractivity (Wildman–Crippen MR) is 110 cm³/mol. The van der Waals surface area contributed by atoms with Crippen LogP contribution < -0.4 is 10.5 Å². The molecule has 0 saturated heterocycles. The van der Waals surface area contributed by atoms with Crippen molar-refractivity contribution in [3.8, 4) is 5.69 Å². The molecule has 3 N–H and O–H groups in total. The van der Waals surface area contributed by atoms with Gasteiger partial charge in [-0.25, -0.2) is 18.5 Å². The number of rotatable bonds is 6. The van der Waals surface area contributed by atoms with Gasteiger partial charge in [0.1, 0.15) is 0 Å². The molecular weight excluding hydrogens is 420 g/mol. The highest BCUT2D eigenvalue weighted by Crippen LogP contribution is 2.23. The molecule has 0 bridgehead atoms. The van der Waals surface area contributed by atoms with Gasteiger partial charge in [0.25, 0.3) is 0 Å². The van der Waals surface area contributed by atoms with E-state index in [1.807, 2.05) is 16.7 Å². The van der Waals surface area contributed by atoms with Crippen molar-refractivity contribution in [1.29, 1.82) is 0 Å². The molecule has 0 atom stereocenters. The van der Waals surface area contributed by atoms with Gasteiger partial charge in [0.05, 0.1) is 10.6 Å². The van der Waals surface area contributed by atoms with Crippen LogP contribution >= 0.6 is 23.4 Å². The maximum Gasteiger partial charge on any atom is 0.238 e. The second-order valence-corrected chi connectivity index (χ2v) is 8.83. The van der Waals surface area contributed by atoms with Gasteiger partial charge in [-0.05, 0) is 42.8 Å². The maximum absolute atomic E-state index is 12.3. The van der Waals surface area contributed by atoms with Crippen molar-refractivity contribution in [3.63, 3.8) is 0 Å². The van der Waals surface area contributed by atoms with E-state index in [1.54, 1.807) is 43.6 Å².